The highest BCUT2D eigenvalue weighted by Crippen LogP contribution is 2.49. The summed E-state index contributed by atoms with van der Waals surface area (Å²) in [6, 6.07) is 3.40. The van der Waals surface area contributed by atoms with E-state index in [1.807, 2.05) is 6.92 Å². The third kappa shape index (κ3) is 2.41. The lowest BCUT2D eigenvalue weighted by Crippen LogP contribution is -2.47. The number of esters is 1. The molecule has 2 aliphatic rings. The van der Waals surface area contributed by atoms with E-state index in [0.29, 0.717) is 23.1 Å². The Morgan fingerprint density at radius 3 is 2.81 bits per heavy atom. The van der Waals surface area contributed by atoms with Gasteiger partial charge in [-0.1, -0.05) is 0 Å². The van der Waals surface area contributed by atoms with Crippen LogP contribution in [0.3, 0.4) is 0 Å². The molecule has 1 amide bonds. The Kier molecular flexibility index (Phi) is 3.66. The molecular formula is C16H20N2O3. The molecule has 3 rings (SSSR count). The number of carbonyl (C=O) groups excluding carboxylic acids is 2. The molecule has 2 aliphatic carbocycles. The summed E-state index contributed by atoms with van der Waals surface area (Å²) in [6.45, 7) is 1.81. The summed E-state index contributed by atoms with van der Waals surface area (Å²) < 4.78 is 4.93. The van der Waals surface area contributed by atoms with Crippen LogP contribution in [-0.2, 0) is 9.53 Å². The molecule has 2 saturated carbocycles. The van der Waals surface area contributed by atoms with Crippen molar-refractivity contribution in [3.8, 4) is 0 Å². The quantitative estimate of drug-likeness (QED) is 0.860. The van der Waals surface area contributed by atoms with Crippen LogP contribution in [0.2, 0.25) is 0 Å². The average molecular weight is 288 g/mol. The van der Waals surface area contributed by atoms with Crippen molar-refractivity contribution in [2.45, 2.75) is 32.2 Å². The molecule has 5 heteroatoms. The molecule has 2 fully saturated rings. The topological polar surface area (TPSA) is 68.3 Å². The lowest BCUT2D eigenvalue weighted by Gasteiger charge is -2.29. The van der Waals surface area contributed by atoms with Crippen LogP contribution < -0.4 is 5.32 Å². The number of nitrogens with zero attached hydrogens (tertiary/aromatic N) is 1. The van der Waals surface area contributed by atoms with Gasteiger partial charge in [-0.05, 0) is 50.2 Å². The standard InChI is InChI=1S/C16H20N2O3/c1-9-12(4-3-7-17-9)15(19)18-14-11-6-5-10(8-11)13(14)16(20)21-2/h3-4,7,10-11,13-14H,5-6,8H2,1-2H3,(H,18,19)/t10-,11-,13+,14+/m0/s1. The normalized spacial score (nSPS) is 30.2. The van der Waals surface area contributed by atoms with Gasteiger partial charge in [-0.3, -0.25) is 14.6 Å². The number of pyridine rings is 1. The molecule has 112 valence electrons. The molecule has 2 bridgehead atoms. The van der Waals surface area contributed by atoms with Crippen molar-refractivity contribution in [3.05, 3.63) is 29.6 Å². The maximum atomic E-state index is 12.5. The minimum Gasteiger partial charge on any atom is -0.469 e. The highest BCUT2D eigenvalue weighted by molar-refractivity contribution is 5.95. The van der Waals surface area contributed by atoms with Crippen LogP contribution in [0.15, 0.2) is 18.3 Å². The van der Waals surface area contributed by atoms with Crippen LogP contribution in [0, 0.1) is 24.7 Å². The first-order valence-corrected chi connectivity index (χ1v) is 7.42. The molecule has 1 heterocycles. The number of amides is 1. The van der Waals surface area contributed by atoms with E-state index in [-0.39, 0.29) is 23.8 Å². The molecule has 0 aliphatic heterocycles. The summed E-state index contributed by atoms with van der Waals surface area (Å²) in [6.07, 6.45) is 4.81. The van der Waals surface area contributed by atoms with Crippen molar-refractivity contribution in [2.24, 2.45) is 17.8 Å². The average Bonchev–Trinajstić information content (AvgIpc) is 3.08. The van der Waals surface area contributed by atoms with Gasteiger partial charge in [0.2, 0.25) is 0 Å². The van der Waals surface area contributed by atoms with Crippen LogP contribution in [0.5, 0.6) is 0 Å². The van der Waals surface area contributed by atoms with E-state index < -0.39 is 0 Å². The minimum absolute atomic E-state index is 0.108. The lowest BCUT2D eigenvalue weighted by atomic mass is 9.84. The van der Waals surface area contributed by atoms with Gasteiger partial charge in [0.25, 0.3) is 5.91 Å². The van der Waals surface area contributed by atoms with Crippen molar-refractivity contribution in [3.63, 3.8) is 0 Å². The molecule has 0 radical (unpaired) electrons. The molecule has 5 nitrogen and oxygen atoms in total. The van der Waals surface area contributed by atoms with Crippen LogP contribution in [-0.4, -0.2) is 30.0 Å². The number of hydrogen-bond donors (Lipinski definition) is 1. The molecule has 1 aromatic heterocycles. The second-order valence-corrected chi connectivity index (χ2v) is 6.02. The molecule has 0 saturated heterocycles. The third-order valence-electron chi connectivity index (χ3n) is 4.94. The predicted molar refractivity (Wildman–Crippen MR) is 76.6 cm³/mol. The number of aromatic nitrogens is 1. The van der Waals surface area contributed by atoms with Crippen LogP contribution in [0.4, 0.5) is 0 Å². The molecule has 1 aromatic rings. The first-order valence-electron chi connectivity index (χ1n) is 7.42. The summed E-state index contributed by atoms with van der Waals surface area (Å²) in [7, 11) is 1.42. The number of ether oxygens (including phenoxy) is 1. The maximum Gasteiger partial charge on any atom is 0.311 e. The molecule has 21 heavy (non-hydrogen) atoms. The number of aryl methyl sites for hydroxylation is 1. The van der Waals surface area contributed by atoms with Crippen molar-refractivity contribution < 1.29 is 14.3 Å². The SMILES string of the molecule is COC(=O)[C@@H]1[C@H]2CC[C@@H](C2)[C@H]1NC(=O)c1cccnc1C. The molecule has 0 aromatic carbocycles. The second kappa shape index (κ2) is 5.47. The highest BCUT2D eigenvalue weighted by atomic mass is 16.5. The van der Waals surface area contributed by atoms with Gasteiger partial charge in [-0.25, -0.2) is 0 Å². The minimum atomic E-state index is -0.199. The van der Waals surface area contributed by atoms with Crippen molar-refractivity contribution in [1.82, 2.24) is 10.3 Å². The first-order chi connectivity index (χ1) is 10.1. The van der Waals surface area contributed by atoms with Crippen molar-refractivity contribution >= 4 is 11.9 Å². The first kappa shape index (κ1) is 14.0. The Hall–Kier alpha value is -1.91. The number of fused-ring (bicyclic) bond motifs is 2. The smallest absolute Gasteiger partial charge is 0.311 e. The Morgan fingerprint density at radius 1 is 1.33 bits per heavy atom. The van der Waals surface area contributed by atoms with Gasteiger partial charge in [-0.2, -0.15) is 0 Å². The maximum absolute atomic E-state index is 12.5. The van der Waals surface area contributed by atoms with E-state index >= 15 is 0 Å². The van der Waals surface area contributed by atoms with Crippen molar-refractivity contribution in [1.29, 1.82) is 0 Å². The summed E-state index contributed by atoms with van der Waals surface area (Å²) >= 11 is 0. The van der Waals surface area contributed by atoms with Gasteiger partial charge in [-0.15, -0.1) is 0 Å². The van der Waals surface area contributed by atoms with E-state index in [0.717, 1.165) is 19.3 Å². The van der Waals surface area contributed by atoms with E-state index in [1.165, 1.54) is 7.11 Å². The van der Waals surface area contributed by atoms with Crippen LogP contribution in [0.25, 0.3) is 0 Å². The highest BCUT2D eigenvalue weighted by Gasteiger charge is 2.52. The van der Waals surface area contributed by atoms with Gasteiger partial charge in [0.1, 0.15) is 0 Å². The Bertz CT molecular complexity index is 572. The van der Waals surface area contributed by atoms with Crippen LogP contribution in [0.1, 0.15) is 35.3 Å². The Balaban J connectivity index is 1.78. The molecule has 0 unspecified atom stereocenters. The zero-order valence-electron chi connectivity index (χ0n) is 12.3. The Morgan fingerprint density at radius 2 is 2.10 bits per heavy atom. The molecule has 1 N–H and O–H groups in total. The Labute approximate surface area is 124 Å². The number of methoxy groups -OCH3 is 1. The fourth-order valence-corrected chi connectivity index (χ4v) is 3.93. The largest absolute Gasteiger partial charge is 0.469 e. The van der Waals surface area contributed by atoms with Crippen LogP contribution >= 0.6 is 0 Å². The fourth-order valence-electron chi connectivity index (χ4n) is 3.93. The number of rotatable bonds is 3. The third-order valence-corrected chi connectivity index (χ3v) is 4.94. The summed E-state index contributed by atoms with van der Waals surface area (Å²) in [5, 5.41) is 3.05. The van der Waals surface area contributed by atoms with Gasteiger partial charge in [0.05, 0.1) is 18.6 Å². The second-order valence-electron chi connectivity index (χ2n) is 6.02. The van der Waals surface area contributed by atoms with Gasteiger partial charge in [0, 0.05) is 17.9 Å². The van der Waals surface area contributed by atoms with Crippen molar-refractivity contribution in [2.75, 3.05) is 7.11 Å². The zero-order chi connectivity index (χ0) is 15.0. The lowest BCUT2D eigenvalue weighted by molar-refractivity contribution is -0.148. The predicted octanol–water partition coefficient (Wildman–Crippen LogP) is 1.71. The number of nitrogens with one attached hydrogen (secondary N) is 1. The summed E-state index contributed by atoms with van der Waals surface area (Å²) in [5.41, 5.74) is 1.27. The van der Waals surface area contributed by atoms with Gasteiger partial charge < -0.3 is 10.1 Å². The van der Waals surface area contributed by atoms with Gasteiger partial charge in [0.15, 0.2) is 0 Å². The zero-order valence-corrected chi connectivity index (χ0v) is 12.3. The van der Waals surface area contributed by atoms with E-state index in [2.05, 4.69) is 10.3 Å². The van der Waals surface area contributed by atoms with E-state index in [4.69, 9.17) is 4.74 Å². The molecule has 0 spiro atoms. The van der Waals surface area contributed by atoms with E-state index in [1.54, 1.807) is 18.3 Å². The molecular weight excluding hydrogens is 268 g/mol. The fraction of sp³-hybridized carbons (Fsp3) is 0.562. The van der Waals surface area contributed by atoms with Gasteiger partial charge >= 0.3 is 5.97 Å². The number of carbonyl (C=O) groups is 2. The summed E-state index contributed by atoms with van der Waals surface area (Å²) in [4.78, 5) is 28.6. The number of hydrogen-bond acceptors (Lipinski definition) is 4. The molecule has 4 atom stereocenters. The van der Waals surface area contributed by atoms with E-state index in [9.17, 15) is 9.59 Å². The summed E-state index contributed by atoms with van der Waals surface area (Å²) in [5.74, 6) is 0.194. The monoisotopic (exact) mass is 288 g/mol.